The Morgan fingerprint density at radius 3 is 2.71 bits per heavy atom. The van der Waals surface area contributed by atoms with Crippen LogP contribution in [0.1, 0.15) is 32.3 Å². The maximum absolute atomic E-state index is 12.7. The summed E-state index contributed by atoms with van der Waals surface area (Å²) in [5.74, 6) is 1.17. The first kappa shape index (κ1) is 21.2. The number of nitrogens with zero attached hydrogens (tertiary/aromatic N) is 4. The van der Waals surface area contributed by atoms with E-state index in [1.165, 1.54) is 30.2 Å². The molecule has 1 atom stereocenters. The van der Waals surface area contributed by atoms with E-state index >= 15 is 0 Å². The van der Waals surface area contributed by atoms with E-state index in [-0.39, 0.29) is 5.91 Å². The van der Waals surface area contributed by atoms with Gasteiger partial charge in [-0.05, 0) is 60.0 Å². The number of fused-ring (bicyclic) bond motifs is 1. The number of ether oxygens (including phenoxy) is 2. The highest BCUT2D eigenvalue weighted by Crippen LogP contribution is 2.33. The van der Waals surface area contributed by atoms with Crippen molar-refractivity contribution in [1.82, 2.24) is 20.2 Å². The molecule has 3 aromatic rings. The molecule has 1 aliphatic rings. The van der Waals surface area contributed by atoms with E-state index in [0.29, 0.717) is 35.6 Å². The number of hydrogen-bond donors (Lipinski definition) is 1. The Kier molecular flexibility index (Phi) is 6.71. The molecule has 4 rings (SSSR count). The van der Waals surface area contributed by atoms with Gasteiger partial charge in [-0.1, -0.05) is 37.2 Å². The number of aryl methyl sites for hydroxylation is 1. The van der Waals surface area contributed by atoms with Gasteiger partial charge in [0, 0.05) is 11.8 Å². The first-order chi connectivity index (χ1) is 15.1. The maximum Gasteiger partial charge on any atom is 0.237 e. The lowest BCUT2D eigenvalue weighted by molar-refractivity contribution is -0.115. The van der Waals surface area contributed by atoms with Crippen LogP contribution in [0, 0.1) is 0 Å². The fraction of sp³-hybridized carbons (Fsp3) is 0.364. The van der Waals surface area contributed by atoms with Gasteiger partial charge in [0.2, 0.25) is 11.1 Å². The van der Waals surface area contributed by atoms with Crippen LogP contribution in [0.4, 0.5) is 5.69 Å². The van der Waals surface area contributed by atoms with Crippen molar-refractivity contribution in [3.05, 3.63) is 48.0 Å². The fourth-order valence-electron chi connectivity index (χ4n) is 3.18. The van der Waals surface area contributed by atoms with Crippen molar-refractivity contribution in [2.24, 2.45) is 0 Å². The highest BCUT2D eigenvalue weighted by atomic mass is 32.2. The topological polar surface area (TPSA) is 91.2 Å². The minimum atomic E-state index is -0.401. The highest BCUT2D eigenvalue weighted by Gasteiger charge is 2.20. The van der Waals surface area contributed by atoms with Crippen molar-refractivity contribution >= 4 is 23.4 Å². The van der Waals surface area contributed by atoms with Crippen molar-refractivity contribution in [3.63, 3.8) is 0 Å². The summed E-state index contributed by atoms with van der Waals surface area (Å²) in [6, 6.07) is 13.6. The second-order valence-electron chi connectivity index (χ2n) is 7.25. The van der Waals surface area contributed by atoms with Gasteiger partial charge in [0.05, 0.1) is 10.9 Å². The Hall–Kier alpha value is -3.07. The molecule has 1 aliphatic heterocycles. The average Bonchev–Trinajstić information content (AvgIpc) is 3.26. The number of tetrazole rings is 1. The molecule has 1 unspecified atom stereocenters. The molecule has 0 spiro atoms. The van der Waals surface area contributed by atoms with E-state index in [4.69, 9.17) is 9.47 Å². The molecule has 0 bridgehead atoms. The molecule has 8 nitrogen and oxygen atoms in total. The van der Waals surface area contributed by atoms with Crippen molar-refractivity contribution < 1.29 is 14.3 Å². The number of unbranched alkanes of at least 4 members (excludes halogenated alkanes) is 1. The fourth-order valence-corrected chi connectivity index (χ4v) is 3.98. The van der Waals surface area contributed by atoms with Crippen molar-refractivity contribution in [2.75, 3.05) is 18.5 Å². The molecule has 0 fully saturated rings. The van der Waals surface area contributed by atoms with Crippen LogP contribution in [-0.2, 0) is 11.2 Å². The zero-order valence-corrected chi connectivity index (χ0v) is 18.4. The van der Waals surface area contributed by atoms with Crippen molar-refractivity contribution in [3.8, 4) is 17.2 Å². The Bertz CT molecular complexity index is 1040. The number of benzene rings is 2. The molecule has 0 saturated heterocycles. The van der Waals surface area contributed by atoms with Gasteiger partial charge in [-0.2, -0.15) is 4.68 Å². The quantitative estimate of drug-likeness (QED) is 0.532. The van der Waals surface area contributed by atoms with Crippen LogP contribution in [0.5, 0.6) is 11.5 Å². The number of amides is 1. The van der Waals surface area contributed by atoms with Gasteiger partial charge in [0.1, 0.15) is 13.2 Å². The lowest BCUT2D eigenvalue weighted by Crippen LogP contribution is -2.23. The number of carbonyl (C=O) groups is 1. The lowest BCUT2D eigenvalue weighted by atomic mass is 10.1. The Labute approximate surface area is 185 Å². The van der Waals surface area contributed by atoms with E-state index in [9.17, 15) is 4.79 Å². The third-order valence-corrected chi connectivity index (χ3v) is 5.93. The van der Waals surface area contributed by atoms with Crippen molar-refractivity contribution in [1.29, 1.82) is 0 Å². The van der Waals surface area contributed by atoms with Crippen LogP contribution < -0.4 is 14.8 Å². The summed E-state index contributed by atoms with van der Waals surface area (Å²) < 4.78 is 12.7. The van der Waals surface area contributed by atoms with Gasteiger partial charge in [-0.3, -0.25) is 4.79 Å². The summed E-state index contributed by atoms with van der Waals surface area (Å²) >= 11 is 1.30. The van der Waals surface area contributed by atoms with Crippen LogP contribution in [0.3, 0.4) is 0 Å². The van der Waals surface area contributed by atoms with Crippen LogP contribution in [-0.4, -0.2) is 44.6 Å². The zero-order chi connectivity index (χ0) is 21.6. The molecule has 1 amide bonds. The lowest BCUT2D eigenvalue weighted by Gasteiger charge is -2.19. The van der Waals surface area contributed by atoms with Gasteiger partial charge in [0.25, 0.3) is 0 Å². The molecule has 2 heterocycles. The number of thioether (sulfide) groups is 1. The van der Waals surface area contributed by atoms with Crippen molar-refractivity contribution in [2.45, 2.75) is 43.5 Å². The zero-order valence-electron chi connectivity index (χ0n) is 17.6. The Morgan fingerprint density at radius 1 is 1.16 bits per heavy atom. The predicted molar refractivity (Wildman–Crippen MR) is 119 cm³/mol. The summed E-state index contributed by atoms with van der Waals surface area (Å²) in [6.07, 6.45) is 3.40. The minimum Gasteiger partial charge on any atom is -0.486 e. The number of anilines is 1. The van der Waals surface area contributed by atoms with E-state index in [1.54, 1.807) is 22.9 Å². The van der Waals surface area contributed by atoms with Gasteiger partial charge >= 0.3 is 0 Å². The van der Waals surface area contributed by atoms with Gasteiger partial charge in [-0.15, -0.1) is 5.10 Å². The standard InChI is InChI=1S/C22H25N5O3S/c1-3-4-5-16-6-9-18(10-7-16)27-22(24-25-26-27)31-15(2)21(28)23-17-8-11-19-20(14-17)30-13-12-29-19/h6-11,14-15H,3-5,12-13H2,1-2H3,(H,23,28). The van der Waals surface area contributed by atoms with E-state index in [1.807, 2.05) is 19.1 Å². The summed E-state index contributed by atoms with van der Waals surface area (Å²) in [7, 11) is 0. The second kappa shape index (κ2) is 9.82. The first-order valence-electron chi connectivity index (χ1n) is 10.4. The predicted octanol–water partition coefficient (Wildman–Crippen LogP) is 3.90. The normalized spacial score (nSPS) is 13.6. The number of nitrogens with one attached hydrogen (secondary N) is 1. The van der Waals surface area contributed by atoms with E-state index in [2.05, 4.69) is 39.9 Å². The molecular formula is C22H25N5O3S. The first-order valence-corrected chi connectivity index (χ1v) is 11.3. The number of carbonyl (C=O) groups excluding carboxylic acids is 1. The minimum absolute atomic E-state index is 0.147. The summed E-state index contributed by atoms with van der Waals surface area (Å²) in [5.41, 5.74) is 2.82. The van der Waals surface area contributed by atoms with Gasteiger partial charge in [0.15, 0.2) is 11.5 Å². The molecular weight excluding hydrogens is 414 g/mol. The maximum atomic E-state index is 12.7. The van der Waals surface area contributed by atoms with Crippen LogP contribution >= 0.6 is 11.8 Å². The summed E-state index contributed by atoms with van der Waals surface area (Å²) in [4.78, 5) is 12.7. The van der Waals surface area contributed by atoms with Gasteiger partial charge < -0.3 is 14.8 Å². The smallest absolute Gasteiger partial charge is 0.237 e. The van der Waals surface area contributed by atoms with Crippen LogP contribution in [0.25, 0.3) is 5.69 Å². The average molecular weight is 440 g/mol. The number of rotatable bonds is 8. The monoisotopic (exact) mass is 439 g/mol. The SMILES string of the molecule is CCCCc1ccc(-n2nnnc2SC(C)C(=O)Nc2ccc3c(c2)OCCO3)cc1. The molecule has 0 saturated carbocycles. The molecule has 1 aromatic heterocycles. The Morgan fingerprint density at radius 2 is 1.94 bits per heavy atom. The molecule has 0 aliphatic carbocycles. The number of hydrogen-bond acceptors (Lipinski definition) is 7. The molecule has 0 radical (unpaired) electrons. The third-order valence-electron chi connectivity index (χ3n) is 4.90. The summed E-state index contributed by atoms with van der Waals surface area (Å²) in [6.45, 7) is 5.04. The molecule has 162 valence electrons. The van der Waals surface area contributed by atoms with Gasteiger partial charge in [-0.25, -0.2) is 0 Å². The molecule has 9 heteroatoms. The van der Waals surface area contributed by atoms with E-state index in [0.717, 1.165) is 12.1 Å². The molecule has 31 heavy (non-hydrogen) atoms. The number of aromatic nitrogens is 4. The summed E-state index contributed by atoms with van der Waals surface area (Å²) in [5, 5.41) is 15.1. The second-order valence-corrected chi connectivity index (χ2v) is 8.56. The van der Waals surface area contributed by atoms with E-state index < -0.39 is 5.25 Å². The van der Waals surface area contributed by atoms with Crippen LogP contribution in [0.15, 0.2) is 47.6 Å². The third kappa shape index (κ3) is 5.16. The van der Waals surface area contributed by atoms with Crippen LogP contribution in [0.2, 0.25) is 0 Å². The molecule has 2 aromatic carbocycles. The molecule has 1 N–H and O–H groups in total. The highest BCUT2D eigenvalue weighted by molar-refractivity contribution is 8.00. The Balaban J connectivity index is 1.40. The largest absolute Gasteiger partial charge is 0.486 e.